The molecule has 0 spiro atoms. The van der Waals surface area contributed by atoms with E-state index in [1.165, 1.54) is 4.90 Å². The van der Waals surface area contributed by atoms with Gasteiger partial charge in [0.1, 0.15) is 5.67 Å². The average Bonchev–Trinajstić information content (AvgIpc) is 2.04. The molecular formula is C8H15FN2O2. The number of carboxylic acid groups (broad SMARTS) is 1. The van der Waals surface area contributed by atoms with Gasteiger partial charge in [0.05, 0.1) is 0 Å². The molecule has 13 heavy (non-hydrogen) atoms. The molecule has 0 aromatic carbocycles. The van der Waals surface area contributed by atoms with Gasteiger partial charge in [0.2, 0.25) is 0 Å². The molecule has 1 aliphatic heterocycles. The van der Waals surface area contributed by atoms with Crippen LogP contribution >= 0.6 is 0 Å². The van der Waals surface area contributed by atoms with E-state index >= 15 is 0 Å². The highest BCUT2D eigenvalue weighted by Crippen LogP contribution is 2.28. The fraction of sp³-hybridized carbons (Fsp3) is 0.875. The van der Waals surface area contributed by atoms with Gasteiger partial charge in [-0.15, -0.1) is 0 Å². The number of nitrogens with two attached hydrogens (primary N) is 1. The van der Waals surface area contributed by atoms with Crippen molar-refractivity contribution in [2.45, 2.75) is 31.5 Å². The van der Waals surface area contributed by atoms with E-state index in [4.69, 9.17) is 10.8 Å². The highest BCUT2D eigenvalue weighted by Gasteiger charge is 2.38. The minimum atomic E-state index is -1.38. The van der Waals surface area contributed by atoms with E-state index in [0.717, 1.165) is 0 Å². The van der Waals surface area contributed by atoms with Crippen LogP contribution in [0.2, 0.25) is 0 Å². The van der Waals surface area contributed by atoms with E-state index in [2.05, 4.69) is 0 Å². The molecule has 76 valence electrons. The lowest BCUT2D eigenvalue weighted by atomic mass is 9.87. The maximum absolute atomic E-state index is 13.8. The molecule has 1 heterocycles. The van der Waals surface area contributed by atoms with Gasteiger partial charge in [-0.3, -0.25) is 0 Å². The van der Waals surface area contributed by atoms with Crippen LogP contribution in [0.5, 0.6) is 0 Å². The first kappa shape index (κ1) is 10.2. The quantitative estimate of drug-likeness (QED) is 0.643. The van der Waals surface area contributed by atoms with Crippen molar-refractivity contribution in [3.05, 3.63) is 0 Å². The third kappa shape index (κ3) is 2.09. The molecule has 1 fully saturated rings. The van der Waals surface area contributed by atoms with Crippen molar-refractivity contribution in [2.75, 3.05) is 13.1 Å². The zero-order valence-electron chi connectivity index (χ0n) is 7.66. The molecule has 0 bridgehead atoms. The van der Waals surface area contributed by atoms with Crippen LogP contribution in [0.3, 0.4) is 0 Å². The Bertz CT molecular complexity index is 200. The number of hydrogen-bond donors (Lipinski definition) is 2. The van der Waals surface area contributed by atoms with Gasteiger partial charge in [0.25, 0.3) is 0 Å². The highest BCUT2D eigenvalue weighted by molar-refractivity contribution is 5.65. The summed E-state index contributed by atoms with van der Waals surface area (Å²) < 4.78 is 13.8. The van der Waals surface area contributed by atoms with Crippen LogP contribution in [0, 0.1) is 0 Å². The first-order chi connectivity index (χ1) is 5.96. The summed E-state index contributed by atoms with van der Waals surface area (Å²) in [4.78, 5) is 11.7. The van der Waals surface area contributed by atoms with Gasteiger partial charge in [-0.1, -0.05) is 0 Å². The SMILES string of the molecule is C[C@H](N)C1(F)CCN(C(=O)O)CC1. The lowest BCUT2D eigenvalue weighted by Gasteiger charge is -2.37. The summed E-state index contributed by atoms with van der Waals surface area (Å²) in [6, 6.07) is -0.525. The van der Waals surface area contributed by atoms with Crippen molar-refractivity contribution in [3.8, 4) is 0 Å². The smallest absolute Gasteiger partial charge is 0.407 e. The Morgan fingerprint density at radius 3 is 2.38 bits per heavy atom. The first-order valence-electron chi connectivity index (χ1n) is 4.38. The van der Waals surface area contributed by atoms with Gasteiger partial charge >= 0.3 is 6.09 Å². The predicted molar refractivity (Wildman–Crippen MR) is 46.3 cm³/mol. The summed E-state index contributed by atoms with van der Waals surface area (Å²) in [7, 11) is 0. The van der Waals surface area contributed by atoms with Gasteiger partial charge in [0.15, 0.2) is 0 Å². The Morgan fingerprint density at radius 1 is 1.62 bits per heavy atom. The first-order valence-corrected chi connectivity index (χ1v) is 4.38. The fourth-order valence-electron chi connectivity index (χ4n) is 1.53. The van der Waals surface area contributed by atoms with Crippen LogP contribution < -0.4 is 5.73 Å². The number of nitrogens with zero attached hydrogens (tertiary/aromatic N) is 1. The number of hydrogen-bond acceptors (Lipinski definition) is 2. The predicted octanol–water partition coefficient (Wildman–Crippen LogP) is 0.816. The third-order valence-corrected chi connectivity index (χ3v) is 2.68. The molecule has 1 amide bonds. The topological polar surface area (TPSA) is 66.6 Å². The van der Waals surface area contributed by atoms with Gasteiger partial charge < -0.3 is 15.7 Å². The van der Waals surface area contributed by atoms with E-state index in [1.54, 1.807) is 6.92 Å². The van der Waals surface area contributed by atoms with E-state index in [0.29, 0.717) is 0 Å². The van der Waals surface area contributed by atoms with E-state index < -0.39 is 17.8 Å². The molecule has 0 radical (unpaired) electrons. The Balaban J connectivity index is 2.51. The maximum Gasteiger partial charge on any atom is 0.407 e. The molecule has 0 aromatic rings. The molecule has 4 nitrogen and oxygen atoms in total. The number of piperidine rings is 1. The molecule has 1 rings (SSSR count). The molecule has 5 heteroatoms. The largest absolute Gasteiger partial charge is 0.465 e. The molecule has 1 atom stereocenters. The zero-order chi connectivity index (χ0) is 10.1. The number of amides is 1. The summed E-state index contributed by atoms with van der Waals surface area (Å²) in [5.41, 5.74) is 4.10. The number of carbonyl (C=O) groups is 1. The highest BCUT2D eigenvalue weighted by atomic mass is 19.1. The molecule has 0 saturated carbocycles. The average molecular weight is 190 g/mol. The van der Waals surface area contributed by atoms with Gasteiger partial charge in [-0.2, -0.15) is 0 Å². The van der Waals surface area contributed by atoms with Crippen molar-refractivity contribution in [2.24, 2.45) is 5.73 Å². The van der Waals surface area contributed by atoms with Gasteiger partial charge in [-0.05, 0) is 6.92 Å². The number of rotatable bonds is 1. The number of halogens is 1. The zero-order valence-corrected chi connectivity index (χ0v) is 7.66. The fourth-order valence-corrected chi connectivity index (χ4v) is 1.53. The summed E-state index contributed by atoms with van der Waals surface area (Å²) in [6.45, 7) is 2.11. The summed E-state index contributed by atoms with van der Waals surface area (Å²) in [5, 5.41) is 8.62. The van der Waals surface area contributed by atoms with E-state index in [-0.39, 0.29) is 25.9 Å². The van der Waals surface area contributed by atoms with Crippen LogP contribution in [0.1, 0.15) is 19.8 Å². The molecule has 0 unspecified atom stereocenters. The van der Waals surface area contributed by atoms with Gasteiger partial charge in [-0.25, -0.2) is 9.18 Å². The Labute approximate surface area is 76.5 Å². The second kappa shape index (κ2) is 3.49. The van der Waals surface area contributed by atoms with Gasteiger partial charge in [0, 0.05) is 32.0 Å². The number of likely N-dealkylation sites (tertiary alicyclic amines) is 1. The van der Waals surface area contributed by atoms with Crippen LogP contribution in [0.4, 0.5) is 9.18 Å². The normalized spacial score (nSPS) is 24.1. The standard InChI is InChI=1S/C8H15FN2O2/c1-6(10)8(9)2-4-11(5-3-8)7(12)13/h6H,2-5,10H2,1H3,(H,12,13)/t6-/m0/s1. The minimum Gasteiger partial charge on any atom is -0.465 e. The van der Waals surface area contributed by atoms with Crippen LogP contribution in [-0.2, 0) is 0 Å². The molecule has 1 saturated heterocycles. The second-order valence-electron chi connectivity index (χ2n) is 3.59. The van der Waals surface area contributed by atoms with Crippen molar-refractivity contribution >= 4 is 6.09 Å². The van der Waals surface area contributed by atoms with Crippen molar-refractivity contribution in [3.63, 3.8) is 0 Å². The van der Waals surface area contributed by atoms with Crippen molar-refractivity contribution < 1.29 is 14.3 Å². The van der Waals surface area contributed by atoms with Crippen molar-refractivity contribution in [1.29, 1.82) is 0 Å². The Hall–Kier alpha value is -0.840. The Morgan fingerprint density at radius 2 is 2.08 bits per heavy atom. The molecule has 0 aliphatic carbocycles. The Kier molecular flexibility index (Phi) is 2.75. The van der Waals surface area contributed by atoms with Crippen LogP contribution in [0.25, 0.3) is 0 Å². The molecule has 1 aliphatic rings. The minimum absolute atomic E-state index is 0.205. The molecule has 0 aromatic heterocycles. The molecular weight excluding hydrogens is 175 g/mol. The monoisotopic (exact) mass is 190 g/mol. The maximum atomic E-state index is 13.8. The lowest BCUT2D eigenvalue weighted by Crippen LogP contribution is -2.51. The number of alkyl halides is 1. The van der Waals surface area contributed by atoms with Crippen LogP contribution in [-0.4, -0.2) is 40.9 Å². The summed E-state index contributed by atoms with van der Waals surface area (Å²) >= 11 is 0. The van der Waals surface area contributed by atoms with E-state index in [1.807, 2.05) is 0 Å². The lowest BCUT2D eigenvalue weighted by molar-refractivity contribution is 0.0420. The second-order valence-corrected chi connectivity index (χ2v) is 3.59. The summed E-state index contributed by atoms with van der Waals surface area (Å²) in [6.07, 6.45) is -0.569. The van der Waals surface area contributed by atoms with E-state index in [9.17, 15) is 9.18 Å². The molecule has 3 N–H and O–H groups in total. The third-order valence-electron chi connectivity index (χ3n) is 2.68. The van der Waals surface area contributed by atoms with Crippen LogP contribution in [0.15, 0.2) is 0 Å². The summed E-state index contributed by atoms with van der Waals surface area (Å²) in [5.74, 6) is 0. The van der Waals surface area contributed by atoms with Crippen molar-refractivity contribution in [1.82, 2.24) is 4.90 Å².